The Balaban J connectivity index is 1.30. The van der Waals surface area contributed by atoms with E-state index >= 15 is 0 Å². The first-order valence-electron chi connectivity index (χ1n) is 10.5. The van der Waals surface area contributed by atoms with Crippen molar-refractivity contribution in [3.63, 3.8) is 0 Å². The molecule has 0 bridgehead atoms. The molecule has 2 fully saturated rings. The number of nitrogens with zero attached hydrogens (tertiary/aromatic N) is 7. The third-order valence-electron chi connectivity index (χ3n) is 6.90. The van der Waals surface area contributed by atoms with Crippen LogP contribution in [0, 0.1) is 5.41 Å². The zero-order valence-corrected chi connectivity index (χ0v) is 17.5. The molecule has 6 rings (SSSR count). The Kier molecular flexibility index (Phi) is 4.21. The maximum atomic E-state index is 6.46. The zero-order chi connectivity index (χ0) is 20.1. The van der Waals surface area contributed by atoms with Crippen molar-refractivity contribution in [3.05, 3.63) is 43.2 Å². The van der Waals surface area contributed by atoms with E-state index in [4.69, 9.17) is 10.7 Å². The quantitative estimate of drug-likeness (QED) is 0.545. The highest BCUT2D eigenvalue weighted by molar-refractivity contribution is 7.99. The van der Waals surface area contributed by atoms with Crippen molar-refractivity contribution < 1.29 is 0 Å². The van der Waals surface area contributed by atoms with E-state index in [-0.39, 0.29) is 0 Å². The number of anilines is 1. The molecule has 1 atom stereocenters. The van der Waals surface area contributed by atoms with Gasteiger partial charge in [-0.05, 0) is 43.2 Å². The van der Waals surface area contributed by atoms with Crippen LogP contribution >= 0.6 is 11.8 Å². The van der Waals surface area contributed by atoms with Crippen molar-refractivity contribution >= 4 is 29.0 Å². The van der Waals surface area contributed by atoms with Crippen LogP contribution < -0.4 is 10.6 Å². The van der Waals surface area contributed by atoms with Gasteiger partial charge in [0.2, 0.25) is 5.95 Å². The predicted molar refractivity (Wildman–Crippen MR) is 116 cm³/mol. The molecule has 1 aliphatic carbocycles. The lowest BCUT2D eigenvalue weighted by Crippen LogP contribution is -2.47. The van der Waals surface area contributed by atoms with Crippen LogP contribution in [-0.4, -0.2) is 48.1 Å². The molecule has 0 aromatic carbocycles. The Hall–Kier alpha value is -2.65. The molecule has 5 heterocycles. The number of nitrogens with two attached hydrogens (primary N) is 1. The Morgan fingerprint density at radius 2 is 1.97 bits per heavy atom. The summed E-state index contributed by atoms with van der Waals surface area (Å²) in [4.78, 5) is 13.9. The summed E-state index contributed by atoms with van der Waals surface area (Å²) in [5.41, 5.74) is 8.57. The van der Waals surface area contributed by atoms with Gasteiger partial charge < -0.3 is 10.6 Å². The van der Waals surface area contributed by atoms with Crippen LogP contribution in [0.5, 0.6) is 0 Å². The van der Waals surface area contributed by atoms with E-state index in [9.17, 15) is 0 Å². The third kappa shape index (κ3) is 2.79. The number of piperidine rings is 1. The molecule has 154 valence electrons. The van der Waals surface area contributed by atoms with Crippen LogP contribution in [0.4, 0.5) is 5.95 Å². The SMILES string of the molecule is N[C@@H]1CCCC12CCN(c1ncc(Sc3cccn4cnnc34)c3nccn13)CC2. The van der Waals surface area contributed by atoms with E-state index in [0.29, 0.717) is 11.5 Å². The molecule has 9 heteroatoms. The fourth-order valence-corrected chi connectivity index (χ4v) is 6.12. The summed E-state index contributed by atoms with van der Waals surface area (Å²) in [6, 6.07) is 4.41. The third-order valence-corrected chi connectivity index (χ3v) is 7.95. The van der Waals surface area contributed by atoms with Crippen LogP contribution in [0.3, 0.4) is 0 Å². The zero-order valence-electron chi connectivity index (χ0n) is 16.7. The predicted octanol–water partition coefficient (Wildman–Crippen LogP) is 3.02. The molecule has 1 aliphatic heterocycles. The van der Waals surface area contributed by atoms with Crippen LogP contribution in [0.15, 0.2) is 53.0 Å². The van der Waals surface area contributed by atoms with Crippen molar-refractivity contribution in [2.45, 2.75) is 47.9 Å². The van der Waals surface area contributed by atoms with Crippen molar-refractivity contribution in [3.8, 4) is 0 Å². The smallest absolute Gasteiger partial charge is 0.211 e. The number of fused-ring (bicyclic) bond motifs is 2. The molecule has 0 radical (unpaired) electrons. The van der Waals surface area contributed by atoms with Crippen molar-refractivity contribution in [2.24, 2.45) is 11.1 Å². The summed E-state index contributed by atoms with van der Waals surface area (Å²) < 4.78 is 4.03. The fraction of sp³-hybridized carbons (Fsp3) is 0.429. The highest BCUT2D eigenvalue weighted by Gasteiger charge is 2.43. The molecule has 30 heavy (non-hydrogen) atoms. The minimum atomic E-state index is 0.345. The largest absolute Gasteiger partial charge is 0.342 e. The molecular weight excluding hydrogens is 396 g/mol. The number of hydrogen-bond donors (Lipinski definition) is 1. The van der Waals surface area contributed by atoms with E-state index in [1.54, 1.807) is 18.1 Å². The van der Waals surface area contributed by atoms with Gasteiger partial charge in [0.1, 0.15) is 6.33 Å². The lowest BCUT2D eigenvalue weighted by molar-refractivity contribution is 0.197. The van der Waals surface area contributed by atoms with E-state index in [1.807, 2.05) is 35.3 Å². The van der Waals surface area contributed by atoms with Gasteiger partial charge in [0, 0.05) is 43.9 Å². The lowest BCUT2D eigenvalue weighted by atomic mass is 9.74. The topological polar surface area (TPSA) is 89.6 Å². The van der Waals surface area contributed by atoms with Gasteiger partial charge in [-0.1, -0.05) is 18.2 Å². The van der Waals surface area contributed by atoms with Gasteiger partial charge in [0.15, 0.2) is 11.3 Å². The number of pyridine rings is 1. The van der Waals surface area contributed by atoms with Crippen LogP contribution in [-0.2, 0) is 0 Å². The average Bonchev–Trinajstić information content (AvgIpc) is 3.51. The number of aromatic nitrogens is 6. The standard InChI is InChI=1S/C21H24N8S/c22-17-4-1-5-21(17)6-10-27(11-7-21)20-24-13-16(18-23-8-12-29(18)20)30-15-3-2-9-28-14-25-26-19(15)28/h2-3,8-9,12-14,17H,1,4-7,10-11,22H2/t17-/m1/s1. The van der Waals surface area contributed by atoms with Gasteiger partial charge in [0.25, 0.3) is 0 Å². The fourth-order valence-electron chi connectivity index (χ4n) is 5.15. The lowest BCUT2D eigenvalue weighted by Gasteiger charge is -2.42. The summed E-state index contributed by atoms with van der Waals surface area (Å²) in [7, 11) is 0. The molecule has 0 amide bonds. The first-order chi connectivity index (χ1) is 14.7. The number of hydrogen-bond acceptors (Lipinski definition) is 7. The molecule has 2 N–H and O–H groups in total. The van der Waals surface area contributed by atoms with Gasteiger partial charge in [-0.2, -0.15) is 0 Å². The Morgan fingerprint density at radius 3 is 2.80 bits per heavy atom. The van der Waals surface area contributed by atoms with E-state index in [2.05, 4.69) is 30.5 Å². The average molecular weight is 421 g/mol. The second-order valence-corrected chi connectivity index (χ2v) is 9.51. The first-order valence-corrected chi connectivity index (χ1v) is 11.3. The second-order valence-electron chi connectivity index (χ2n) is 8.43. The summed E-state index contributed by atoms with van der Waals surface area (Å²) in [6.07, 6.45) is 15.5. The Morgan fingerprint density at radius 1 is 1.07 bits per heavy atom. The molecule has 1 saturated carbocycles. The monoisotopic (exact) mass is 420 g/mol. The highest BCUT2D eigenvalue weighted by atomic mass is 32.2. The van der Waals surface area contributed by atoms with Crippen LogP contribution in [0.25, 0.3) is 11.3 Å². The van der Waals surface area contributed by atoms with Gasteiger partial charge >= 0.3 is 0 Å². The van der Waals surface area contributed by atoms with Gasteiger partial charge in [-0.15, -0.1) is 10.2 Å². The first kappa shape index (κ1) is 18.1. The molecule has 1 spiro atoms. The summed E-state index contributed by atoms with van der Waals surface area (Å²) >= 11 is 1.62. The molecule has 4 aromatic heterocycles. The minimum absolute atomic E-state index is 0.345. The minimum Gasteiger partial charge on any atom is -0.342 e. The summed E-state index contributed by atoms with van der Waals surface area (Å²) in [5.74, 6) is 0.967. The number of rotatable bonds is 3. The van der Waals surface area contributed by atoms with Crippen LogP contribution in [0.2, 0.25) is 0 Å². The van der Waals surface area contributed by atoms with E-state index in [1.165, 1.54) is 19.3 Å². The maximum absolute atomic E-state index is 6.46. The van der Waals surface area contributed by atoms with Gasteiger partial charge in [0.05, 0.1) is 9.79 Å². The van der Waals surface area contributed by atoms with Gasteiger partial charge in [-0.3, -0.25) is 8.80 Å². The number of imidazole rings is 1. The molecule has 8 nitrogen and oxygen atoms in total. The summed E-state index contributed by atoms with van der Waals surface area (Å²) in [6.45, 7) is 2.00. The van der Waals surface area contributed by atoms with Crippen molar-refractivity contribution in [1.29, 1.82) is 0 Å². The summed E-state index contributed by atoms with van der Waals surface area (Å²) in [5, 5.41) is 8.25. The Labute approximate surface area is 178 Å². The van der Waals surface area contributed by atoms with Crippen molar-refractivity contribution in [1.82, 2.24) is 29.0 Å². The second kappa shape index (κ2) is 6.95. The Bertz CT molecular complexity index is 1210. The molecule has 2 aliphatic rings. The maximum Gasteiger partial charge on any atom is 0.211 e. The van der Waals surface area contributed by atoms with E-state index < -0.39 is 0 Å². The highest BCUT2D eigenvalue weighted by Crippen LogP contribution is 2.46. The normalized spacial score (nSPS) is 21.2. The molecule has 4 aromatic rings. The van der Waals surface area contributed by atoms with Crippen molar-refractivity contribution in [2.75, 3.05) is 18.0 Å². The van der Waals surface area contributed by atoms with Gasteiger partial charge in [-0.25, -0.2) is 9.97 Å². The molecule has 0 unspecified atom stereocenters. The van der Waals surface area contributed by atoms with Crippen LogP contribution in [0.1, 0.15) is 32.1 Å². The molecular formula is C21H24N8S. The molecule has 1 saturated heterocycles. The van der Waals surface area contributed by atoms with E-state index in [0.717, 1.165) is 53.0 Å².